The molecule has 0 radical (unpaired) electrons. The SMILES string of the molecule is COc1ccc(/C=C/C(=O)OCCCc2ccccc2)cc1. The minimum atomic E-state index is -0.316. The highest BCUT2D eigenvalue weighted by atomic mass is 16.5. The minimum Gasteiger partial charge on any atom is -0.497 e. The van der Waals surface area contributed by atoms with Crippen LogP contribution in [0.5, 0.6) is 5.75 Å². The van der Waals surface area contributed by atoms with Crippen molar-refractivity contribution < 1.29 is 14.3 Å². The lowest BCUT2D eigenvalue weighted by Crippen LogP contribution is -2.03. The molecule has 0 unspecified atom stereocenters. The van der Waals surface area contributed by atoms with Gasteiger partial charge in [-0.2, -0.15) is 0 Å². The van der Waals surface area contributed by atoms with Crippen LogP contribution < -0.4 is 4.74 Å². The van der Waals surface area contributed by atoms with Crippen molar-refractivity contribution in [2.75, 3.05) is 13.7 Å². The zero-order valence-electron chi connectivity index (χ0n) is 12.7. The Balaban J connectivity index is 1.69. The van der Waals surface area contributed by atoms with Crippen LogP contribution in [0.1, 0.15) is 17.5 Å². The fraction of sp³-hybridized carbons (Fsp3) is 0.211. The first-order chi connectivity index (χ1) is 10.8. The van der Waals surface area contributed by atoms with Crippen molar-refractivity contribution in [3.05, 3.63) is 71.8 Å². The molecule has 0 aliphatic carbocycles. The van der Waals surface area contributed by atoms with Crippen molar-refractivity contribution in [2.45, 2.75) is 12.8 Å². The molecule has 2 rings (SSSR count). The standard InChI is InChI=1S/C19H20O3/c1-21-18-12-9-17(10-13-18)11-14-19(20)22-15-5-8-16-6-3-2-4-7-16/h2-4,6-7,9-14H,5,8,15H2,1H3/b14-11+. The molecule has 114 valence electrons. The van der Waals surface area contributed by atoms with Crippen LogP contribution in [0.2, 0.25) is 0 Å². The third-order valence-electron chi connectivity index (χ3n) is 3.22. The van der Waals surface area contributed by atoms with Crippen molar-refractivity contribution in [1.82, 2.24) is 0 Å². The molecule has 0 spiro atoms. The van der Waals surface area contributed by atoms with Crippen LogP contribution in [0.4, 0.5) is 0 Å². The summed E-state index contributed by atoms with van der Waals surface area (Å²) >= 11 is 0. The van der Waals surface area contributed by atoms with Crippen molar-refractivity contribution in [3.8, 4) is 5.75 Å². The topological polar surface area (TPSA) is 35.5 Å². The van der Waals surface area contributed by atoms with Gasteiger partial charge in [-0.1, -0.05) is 42.5 Å². The summed E-state index contributed by atoms with van der Waals surface area (Å²) in [5.41, 5.74) is 2.19. The van der Waals surface area contributed by atoms with E-state index < -0.39 is 0 Å². The molecular weight excluding hydrogens is 276 g/mol. The maximum Gasteiger partial charge on any atom is 0.330 e. The van der Waals surface area contributed by atoms with E-state index in [1.54, 1.807) is 13.2 Å². The third-order valence-corrected chi connectivity index (χ3v) is 3.22. The molecule has 22 heavy (non-hydrogen) atoms. The van der Waals surface area contributed by atoms with Gasteiger partial charge in [-0.3, -0.25) is 0 Å². The van der Waals surface area contributed by atoms with Gasteiger partial charge in [-0.25, -0.2) is 4.79 Å². The predicted molar refractivity (Wildman–Crippen MR) is 87.8 cm³/mol. The normalized spacial score (nSPS) is 10.6. The van der Waals surface area contributed by atoms with E-state index in [4.69, 9.17) is 9.47 Å². The molecule has 2 aromatic rings. The van der Waals surface area contributed by atoms with E-state index >= 15 is 0 Å². The lowest BCUT2D eigenvalue weighted by Gasteiger charge is -2.02. The number of hydrogen-bond acceptors (Lipinski definition) is 3. The fourth-order valence-corrected chi connectivity index (χ4v) is 2.02. The second kappa shape index (κ2) is 8.67. The molecule has 0 aromatic heterocycles. The molecule has 0 heterocycles. The quantitative estimate of drug-likeness (QED) is 0.442. The first-order valence-electron chi connectivity index (χ1n) is 7.31. The van der Waals surface area contributed by atoms with Gasteiger partial charge in [-0.05, 0) is 42.2 Å². The Labute approximate surface area is 131 Å². The monoisotopic (exact) mass is 296 g/mol. The van der Waals surface area contributed by atoms with Crippen LogP contribution in [0.3, 0.4) is 0 Å². The van der Waals surface area contributed by atoms with Crippen molar-refractivity contribution in [1.29, 1.82) is 0 Å². The molecule has 0 bridgehead atoms. The molecule has 0 N–H and O–H groups in total. The second-order valence-corrected chi connectivity index (χ2v) is 4.86. The highest BCUT2D eigenvalue weighted by Gasteiger charge is 1.98. The number of rotatable bonds is 7. The summed E-state index contributed by atoms with van der Waals surface area (Å²) in [4.78, 5) is 11.6. The lowest BCUT2D eigenvalue weighted by atomic mass is 10.1. The molecule has 0 aliphatic rings. The van der Waals surface area contributed by atoms with Crippen LogP contribution >= 0.6 is 0 Å². The Morgan fingerprint density at radius 2 is 1.77 bits per heavy atom. The largest absolute Gasteiger partial charge is 0.497 e. The number of carbonyl (C=O) groups is 1. The van der Waals surface area contributed by atoms with Crippen LogP contribution in [0.15, 0.2) is 60.7 Å². The fourth-order valence-electron chi connectivity index (χ4n) is 2.02. The Hall–Kier alpha value is -2.55. The van der Waals surface area contributed by atoms with E-state index in [0.717, 1.165) is 24.2 Å². The van der Waals surface area contributed by atoms with Crippen LogP contribution in [-0.4, -0.2) is 19.7 Å². The number of aryl methyl sites for hydroxylation is 1. The van der Waals surface area contributed by atoms with Gasteiger partial charge in [0, 0.05) is 6.08 Å². The smallest absolute Gasteiger partial charge is 0.330 e. The van der Waals surface area contributed by atoms with Crippen molar-refractivity contribution >= 4 is 12.0 Å². The van der Waals surface area contributed by atoms with Crippen LogP contribution in [0.25, 0.3) is 6.08 Å². The minimum absolute atomic E-state index is 0.316. The highest BCUT2D eigenvalue weighted by molar-refractivity contribution is 5.87. The van der Waals surface area contributed by atoms with Gasteiger partial charge < -0.3 is 9.47 Å². The van der Waals surface area contributed by atoms with Crippen molar-refractivity contribution in [2.24, 2.45) is 0 Å². The number of carbonyl (C=O) groups excluding carboxylic acids is 1. The summed E-state index contributed by atoms with van der Waals surface area (Å²) in [6.45, 7) is 0.431. The first kappa shape index (κ1) is 15.8. The maximum atomic E-state index is 11.6. The third kappa shape index (κ3) is 5.44. The molecule has 0 fully saturated rings. The van der Waals surface area contributed by atoms with E-state index in [1.165, 1.54) is 11.6 Å². The summed E-state index contributed by atoms with van der Waals surface area (Å²) in [6.07, 6.45) is 4.92. The molecule has 0 saturated carbocycles. The van der Waals surface area contributed by atoms with E-state index in [1.807, 2.05) is 42.5 Å². The van der Waals surface area contributed by atoms with E-state index in [9.17, 15) is 4.79 Å². The number of benzene rings is 2. The Kier molecular flexibility index (Phi) is 6.24. The number of hydrogen-bond donors (Lipinski definition) is 0. The lowest BCUT2D eigenvalue weighted by molar-refractivity contribution is -0.137. The summed E-state index contributed by atoms with van der Waals surface area (Å²) in [5, 5.41) is 0. The van der Waals surface area contributed by atoms with Gasteiger partial charge in [0.15, 0.2) is 0 Å². The summed E-state index contributed by atoms with van der Waals surface area (Å²) in [5.74, 6) is 0.476. The molecule has 0 atom stereocenters. The number of ether oxygens (including phenoxy) is 2. The molecule has 0 aliphatic heterocycles. The van der Waals surface area contributed by atoms with Gasteiger partial charge in [0.05, 0.1) is 13.7 Å². The van der Waals surface area contributed by atoms with E-state index in [-0.39, 0.29) is 5.97 Å². The maximum absolute atomic E-state index is 11.6. The van der Waals surface area contributed by atoms with Gasteiger partial charge >= 0.3 is 5.97 Å². The van der Waals surface area contributed by atoms with Gasteiger partial charge in [0.2, 0.25) is 0 Å². The first-order valence-corrected chi connectivity index (χ1v) is 7.31. The molecule has 3 nitrogen and oxygen atoms in total. The Morgan fingerprint density at radius 3 is 2.45 bits per heavy atom. The molecule has 2 aromatic carbocycles. The zero-order valence-corrected chi connectivity index (χ0v) is 12.7. The summed E-state index contributed by atoms with van der Waals surface area (Å²) in [6, 6.07) is 17.6. The van der Waals surface area contributed by atoms with E-state index in [2.05, 4.69) is 12.1 Å². The summed E-state index contributed by atoms with van der Waals surface area (Å²) in [7, 11) is 1.62. The molecule has 0 saturated heterocycles. The van der Waals surface area contributed by atoms with Gasteiger partial charge in [0.25, 0.3) is 0 Å². The van der Waals surface area contributed by atoms with Crippen molar-refractivity contribution in [3.63, 3.8) is 0 Å². The Morgan fingerprint density at radius 1 is 1.05 bits per heavy atom. The zero-order chi connectivity index (χ0) is 15.6. The molecule has 0 amide bonds. The van der Waals surface area contributed by atoms with Crippen LogP contribution in [0, 0.1) is 0 Å². The Bertz CT molecular complexity index is 600. The summed E-state index contributed by atoms with van der Waals surface area (Å²) < 4.78 is 10.3. The van der Waals surface area contributed by atoms with E-state index in [0.29, 0.717) is 6.61 Å². The number of esters is 1. The highest BCUT2D eigenvalue weighted by Crippen LogP contribution is 2.12. The molecule has 3 heteroatoms. The average molecular weight is 296 g/mol. The second-order valence-electron chi connectivity index (χ2n) is 4.86. The van der Waals surface area contributed by atoms with Crippen LogP contribution in [-0.2, 0) is 16.0 Å². The van der Waals surface area contributed by atoms with Gasteiger partial charge in [0.1, 0.15) is 5.75 Å². The average Bonchev–Trinajstić information content (AvgIpc) is 2.58. The molecular formula is C19H20O3. The number of methoxy groups -OCH3 is 1. The van der Waals surface area contributed by atoms with Gasteiger partial charge in [-0.15, -0.1) is 0 Å². The predicted octanol–water partition coefficient (Wildman–Crippen LogP) is 3.88.